The Kier molecular flexibility index (Phi) is 5.65. The SMILES string of the molecule is CCN(C(C)=O)C(C(=O)O)c1ccc(SC(F)(F)F)cc1. The molecule has 4 nitrogen and oxygen atoms in total. The van der Waals surface area contributed by atoms with Gasteiger partial charge in [-0.15, -0.1) is 0 Å². The summed E-state index contributed by atoms with van der Waals surface area (Å²) < 4.78 is 36.7. The maximum Gasteiger partial charge on any atom is 0.446 e. The van der Waals surface area contributed by atoms with Crippen LogP contribution < -0.4 is 0 Å². The molecular weight excluding hydrogens is 307 g/mol. The Bertz CT molecular complexity index is 516. The second-order valence-corrected chi connectivity index (χ2v) is 5.30. The molecule has 1 atom stereocenters. The lowest BCUT2D eigenvalue weighted by atomic mass is 10.1. The number of carbonyl (C=O) groups excluding carboxylic acids is 1. The summed E-state index contributed by atoms with van der Waals surface area (Å²) in [4.78, 5) is 23.9. The Morgan fingerprint density at radius 1 is 1.29 bits per heavy atom. The Hall–Kier alpha value is -1.70. The predicted molar refractivity (Wildman–Crippen MR) is 71.8 cm³/mol. The molecule has 0 radical (unpaired) electrons. The first-order valence-electron chi connectivity index (χ1n) is 6.01. The molecule has 1 aromatic carbocycles. The van der Waals surface area contributed by atoms with E-state index in [0.717, 1.165) is 4.90 Å². The highest BCUT2D eigenvalue weighted by atomic mass is 32.2. The van der Waals surface area contributed by atoms with Gasteiger partial charge in [0.05, 0.1) is 0 Å². The van der Waals surface area contributed by atoms with Gasteiger partial charge in [0.25, 0.3) is 0 Å². The van der Waals surface area contributed by atoms with Crippen molar-refractivity contribution < 1.29 is 27.9 Å². The highest BCUT2D eigenvalue weighted by Crippen LogP contribution is 2.37. The fraction of sp³-hybridized carbons (Fsp3) is 0.385. The lowest BCUT2D eigenvalue weighted by molar-refractivity contribution is -0.149. The zero-order chi connectivity index (χ0) is 16.2. The Balaban J connectivity index is 3.05. The first kappa shape index (κ1) is 17.4. The van der Waals surface area contributed by atoms with Gasteiger partial charge in [0.15, 0.2) is 6.04 Å². The van der Waals surface area contributed by atoms with Crippen LogP contribution >= 0.6 is 11.8 Å². The van der Waals surface area contributed by atoms with Crippen molar-refractivity contribution >= 4 is 23.6 Å². The smallest absolute Gasteiger partial charge is 0.446 e. The van der Waals surface area contributed by atoms with Gasteiger partial charge in [0.2, 0.25) is 5.91 Å². The van der Waals surface area contributed by atoms with E-state index < -0.39 is 23.4 Å². The highest BCUT2D eigenvalue weighted by Gasteiger charge is 2.31. The van der Waals surface area contributed by atoms with Crippen LogP contribution in [0.1, 0.15) is 25.5 Å². The fourth-order valence-corrected chi connectivity index (χ4v) is 2.43. The summed E-state index contributed by atoms with van der Waals surface area (Å²) in [6, 6.07) is 3.75. The summed E-state index contributed by atoms with van der Waals surface area (Å²) in [6.07, 6.45) is 0. The minimum Gasteiger partial charge on any atom is -0.479 e. The highest BCUT2D eigenvalue weighted by molar-refractivity contribution is 8.00. The number of hydrogen-bond acceptors (Lipinski definition) is 3. The van der Waals surface area contributed by atoms with Crippen molar-refractivity contribution in [3.8, 4) is 0 Å². The number of halogens is 3. The summed E-state index contributed by atoms with van der Waals surface area (Å²) in [7, 11) is 0. The number of aliphatic carboxylic acids is 1. The van der Waals surface area contributed by atoms with Crippen molar-refractivity contribution in [2.45, 2.75) is 30.3 Å². The van der Waals surface area contributed by atoms with E-state index in [9.17, 15) is 27.9 Å². The number of likely N-dealkylation sites (N-methyl/N-ethyl adjacent to an activating group) is 1. The van der Waals surface area contributed by atoms with Gasteiger partial charge in [-0.1, -0.05) is 12.1 Å². The molecule has 8 heteroatoms. The molecule has 0 aliphatic carbocycles. The molecule has 1 rings (SSSR count). The number of rotatable bonds is 5. The van der Waals surface area contributed by atoms with Crippen molar-refractivity contribution in [2.24, 2.45) is 0 Å². The molecule has 1 aromatic rings. The van der Waals surface area contributed by atoms with Gasteiger partial charge in [-0.25, -0.2) is 4.79 Å². The van der Waals surface area contributed by atoms with Crippen LogP contribution in [0.2, 0.25) is 0 Å². The number of benzene rings is 1. The predicted octanol–water partition coefficient (Wildman–Crippen LogP) is 3.29. The van der Waals surface area contributed by atoms with Crippen LogP contribution in [-0.4, -0.2) is 33.9 Å². The molecule has 0 aromatic heterocycles. The Labute approximate surface area is 123 Å². The van der Waals surface area contributed by atoms with E-state index in [2.05, 4.69) is 0 Å². The summed E-state index contributed by atoms with van der Waals surface area (Å²) in [5.41, 5.74) is -4.14. The minimum absolute atomic E-state index is 0.0405. The second-order valence-electron chi connectivity index (χ2n) is 4.16. The molecule has 1 unspecified atom stereocenters. The van der Waals surface area contributed by atoms with Crippen molar-refractivity contribution in [3.05, 3.63) is 29.8 Å². The molecule has 1 N–H and O–H groups in total. The fourth-order valence-electron chi connectivity index (χ4n) is 1.89. The molecule has 0 saturated heterocycles. The number of alkyl halides is 3. The van der Waals surface area contributed by atoms with Gasteiger partial charge < -0.3 is 10.0 Å². The van der Waals surface area contributed by atoms with E-state index in [-0.39, 0.29) is 28.8 Å². The van der Waals surface area contributed by atoms with Gasteiger partial charge in [0.1, 0.15) is 0 Å². The van der Waals surface area contributed by atoms with E-state index >= 15 is 0 Å². The van der Waals surface area contributed by atoms with Crippen molar-refractivity contribution in [1.29, 1.82) is 0 Å². The minimum atomic E-state index is -4.40. The lowest BCUT2D eigenvalue weighted by Gasteiger charge is -2.27. The van der Waals surface area contributed by atoms with Crippen LogP contribution in [0.15, 0.2) is 29.2 Å². The topological polar surface area (TPSA) is 57.6 Å². The third-order valence-electron chi connectivity index (χ3n) is 2.72. The van der Waals surface area contributed by atoms with E-state index in [0.29, 0.717) is 0 Å². The summed E-state index contributed by atoms with van der Waals surface area (Å²) in [6.45, 7) is 3.06. The second kappa shape index (κ2) is 6.84. The average Bonchev–Trinajstić information content (AvgIpc) is 2.34. The Morgan fingerprint density at radius 2 is 1.81 bits per heavy atom. The van der Waals surface area contributed by atoms with Crippen molar-refractivity contribution in [3.63, 3.8) is 0 Å². The van der Waals surface area contributed by atoms with Gasteiger partial charge in [-0.05, 0) is 36.4 Å². The molecule has 0 fully saturated rings. The van der Waals surface area contributed by atoms with Gasteiger partial charge >= 0.3 is 11.5 Å². The zero-order valence-electron chi connectivity index (χ0n) is 11.3. The van der Waals surface area contributed by atoms with E-state index in [1.54, 1.807) is 6.92 Å². The van der Waals surface area contributed by atoms with Gasteiger partial charge in [-0.3, -0.25) is 4.79 Å². The maximum absolute atomic E-state index is 12.2. The number of carboxylic acids is 1. The number of carbonyl (C=O) groups is 2. The average molecular weight is 321 g/mol. The molecular formula is C13H14F3NO3S. The first-order valence-corrected chi connectivity index (χ1v) is 6.83. The van der Waals surface area contributed by atoms with Crippen LogP contribution in [0, 0.1) is 0 Å². The number of hydrogen-bond donors (Lipinski definition) is 1. The van der Waals surface area contributed by atoms with Crippen LogP contribution in [0.3, 0.4) is 0 Å². The molecule has 0 saturated carbocycles. The van der Waals surface area contributed by atoms with Crippen molar-refractivity contribution in [2.75, 3.05) is 6.54 Å². The molecule has 0 spiro atoms. The number of amides is 1. The normalized spacial score (nSPS) is 12.8. The summed E-state index contributed by atoms with van der Waals surface area (Å²) in [5.74, 6) is -1.65. The number of nitrogens with zero attached hydrogens (tertiary/aromatic N) is 1. The third-order valence-corrected chi connectivity index (χ3v) is 3.46. The Morgan fingerprint density at radius 3 is 2.14 bits per heavy atom. The molecule has 0 aliphatic heterocycles. The molecule has 21 heavy (non-hydrogen) atoms. The molecule has 1 amide bonds. The molecule has 0 heterocycles. The lowest BCUT2D eigenvalue weighted by Crippen LogP contribution is -2.37. The number of carboxylic acid groups (broad SMARTS) is 1. The maximum atomic E-state index is 12.2. The number of thioether (sulfide) groups is 1. The quantitative estimate of drug-likeness (QED) is 0.846. The van der Waals surface area contributed by atoms with Crippen LogP contribution in [0.5, 0.6) is 0 Å². The van der Waals surface area contributed by atoms with Gasteiger partial charge in [0, 0.05) is 18.4 Å². The summed E-state index contributed by atoms with van der Waals surface area (Å²) >= 11 is -0.278. The van der Waals surface area contributed by atoms with Gasteiger partial charge in [-0.2, -0.15) is 13.2 Å². The molecule has 0 aliphatic rings. The zero-order valence-corrected chi connectivity index (χ0v) is 12.2. The van der Waals surface area contributed by atoms with Crippen LogP contribution in [-0.2, 0) is 9.59 Å². The van der Waals surface area contributed by atoms with Crippen LogP contribution in [0.4, 0.5) is 13.2 Å². The van der Waals surface area contributed by atoms with Crippen LogP contribution in [0.25, 0.3) is 0 Å². The van der Waals surface area contributed by atoms with E-state index in [1.807, 2.05) is 0 Å². The van der Waals surface area contributed by atoms with E-state index in [4.69, 9.17) is 0 Å². The first-order chi connectivity index (χ1) is 9.65. The summed E-state index contributed by atoms with van der Waals surface area (Å²) in [5, 5.41) is 9.25. The van der Waals surface area contributed by atoms with Crippen molar-refractivity contribution in [1.82, 2.24) is 4.90 Å². The monoisotopic (exact) mass is 321 g/mol. The largest absolute Gasteiger partial charge is 0.479 e. The molecule has 0 bridgehead atoms. The third kappa shape index (κ3) is 4.96. The standard InChI is InChI=1S/C13H14F3NO3S/c1-3-17(8(2)18)11(12(19)20)9-4-6-10(7-5-9)21-13(14,15)16/h4-7,11H,3H2,1-2H3,(H,19,20). The molecule has 116 valence electrons. The van der Waals surface area contributed by atoms with E-state index in [1.165, 1.54) is 31.2 Å².